The van der Waals surface area contributed by atoms with Crippen LogP contribution in [0.3, 0.4) is 0 Å². The molecule has 0 heterocycles. The lowest BCUT2D eigenvalue weighted by molar-refractivity contribution is -0.139. The van der Waals surface area contributed by atoms with Gasteiger partial charge in [0.25, 0.3) is 0 Å². The minimum absolute atomic E-state index is 0.232. The highest BCUT2D eigenvalue weighted by Gasteiger charge is 1.97. The Morgan fingerprint density at radius 2 is 1.57 bits per heavy atom. The summed E-state index contributed by atoms with van der Waals surface area (Å²) < 4.78 is 20.3. The van der Waals surface area contributed by atoms with Crippen LogP contribution in [0, 0.1) is 0 Å². The van der Waals surface area contributed by atoms with Crippen molar-refractivity contribution in [3.63, 3.8) is 0 Å². The maximum absolute atomic E-state index is 11.4. The summed E-state index contributed by atoms with van der Waals surface area (Å²) in [4.78, 5) is 11.4. The monoisotopic (exact) mass is 294 g/mol. The zero-order chi connectivity index (χ0) is 15.2. The number of carbonyl (C=O) groups is 1. The van der Waals surface area contributed by atoms with Gasteiger partial charge in [0.2, 0.25) is 0 Å². The Kier molecular flexibility index (Phi) is 9.99. The molecule has 1 rings (SSSR count). The topological polar surface area (TPSA) is 54.0 Å². The first-order valence-electron chi connectivity index (χ1n) is 6.87. The Morgan fingerprint density at radius 3 is 2.24 bits per heavy atom. The van der Waals surface area contributed by atoms with Crippen molar-refractivity contribution in [2.75, 3.05) is 46.8 Å². The summed E-state index contributed by atoms with van der Waals surface area (Å²) in [5.41, 5.74) is 0.957. The zero-order valence-corrected chi connectivity index (χ0v) is 12.3. The van der Waals surface area contributed by atoms with Crippen LogP contribution in [0.5, 0.6) is 0 Å². The van der Waals surface area contributed by atoms with Crippen molar-refractivity contribution in [2.24, 2.45) is 0 Å². The van der Waals surface area contributed by atoms with Crippen LogP contribution in [-0.4, -0.2) is 52.7 Å². The maximum atomic E-state index is 11.4. The molecule has 0 amide bonds. The van der Waals surface area contributed by atoms with Crippen LogP contribution in [0.25, 0.3) is 6.08 Å². The Bertz CT molecular complexity index is 402. The lowest BCUT2D eigenvalue weighted by atomic mass is 10.2. The van der Waals surface area contributed by atoms with Crippen LogP contribution in [0.1, 0.15) is 5.56 Å². The first-order chi connectivity index (χ1) is 10.3. The molecule has 0 saturated heterocycles. The van der Waals surface area contributed by atoms with Gasteiger partial charge >= 0.3 is 5.97 Å². The summed E-state index contributed by atoms with van der Waals surface area (Å²) in [5, 5.41) is 0. The molecule has 21 heavy (non-hydrogen) atoms. The minimum atomic E-state index is -0.376. The zero-order valence-electron chi connectivity index (χ0n) is 12.3. The molecular formula is C16H22O5. The number of rotatable bonds is 11. The van der Waals surface area contributed by atoms with Crippen molar-refractivity contribution in [1.82, 2.24) is 0 Å². The molecule has 0 saturated carbocycles. The van der Waals surface area contributed by atoms with Crippen LogP contribution in [0.4, 0.5) is 0 Å². The fourth-order valence-electron chi connectivity index (χ4n) is 1.44. The molecule has 0 aliphatic heterocycles. The Balaban J connectivity index is 1.97. The molecular weight excluding hydrogens is 272 g/mol. The van der Waals surface area contributed by atoms with Gasteiger partial charge in [-0.1, -0.05) is 30.3 Å². The number of methoxy groups -OCH3 is 1. The number of benzene rings is 1. The second-order valence-corrected chi connectivity index (χ2v) is 4.13. The number of hydrogen-bond acceptors (Lipinski definition) is 5. The summed E-state index contributed by atoms with van der Waals surface area (Å²) in [5.74, 6) is -0.376. The smallest absolute Gasteiger partial charge is 0.330 e. The van der Waals surface area contributed by atoms with Gasteiger partial charge in [-0.3, -0.25) is 0 Å². The van der Waals surface area contributed by atoms with Crippen molar-refractivity contribution >= 4 is 12.0 Å². The van der Waals surface area contributed by atoms with Gasteiger partial charge in [0, 0.05) is 13.2 Å². The molecule has 0 atom stereocenters. The number of hydrogen-bond donors (Lipinski definition) is 0. The standard InChI is InChI=1S/C16H22O5/c1-18-9-10-19-11-12-20-13-14-21-16(17)8-7-15-5-3-2-4-6-15/h2-8H,9-14H2,1H3/b8-7+. The summed E-state index contributed by atoms with van der Waals surface area (Å²) in [6.07, 6.45) is 3.12. The molecule has 0 bridgehead atoms. The van der Waals surface area contributed by atoms with Crippen LogP contribution in [0.15, 0.2) is 36.4 Å². The van der Waals surface area contributed by atoms with Gasteiger partial charge in [-0.2, -0.15) is 0 Å². The normalized spacial score (nSPS) is 10.9. The van der Waals surface area contributed by atoms with E-state index in [4.69, 9.17) is 18.9 Å². The number of ether oxygens (including phenoxy) is 4. The second kappa shape index (κ2) is 12.1. The molecule has 5 nitrogen and oxygen atoms in total. The highest BCUT2D eigenvalue weighted by Crippen LogP contribution is 2.00. The van der Waals surface area contributed by atoms with Gasteiger partial charge in [0.15, 0.2) is 0 Å². The van der Waals surface area contributed by atoms with E-state index in [1.807, 2.05) is 30.3 Å². The molecule has 0 unspecified atom stereocenters. The van der Waals surface area contributed by atoms with Gasteiger partial charge in [-0.25, -0.2) is 4.79 Å². The van der Waals surface area contributed by atoms with E-state index in [1.165, 1.54) is 6.08 Å². The van der Waals surface area contributed by atoms with Gasteiger partial charge < -0.3 is 18.9 Å². The SMILES string of the molecule is COCCOCCOCCOC(=O)/C=C/c1ccccc1. The molecule has 5 heteroatoms. The van der Waals surface area contributed by atoms with Crippen LogP contribution in [-0.2, 0) is 23.7 Å². The molecule has 0 N–H and O–H groups in total. The third kappa shape index (κ3) is 9.79. The molecule has 116 valence electrons. The fraction of sp³-hybridized carbons (Fsp3) is 0.438. The molecule has 0 aliphatic rings. The van der Waals surface area contributed by atoms with Crippen molar-refractivity contribution < 1.29 is 23.7 Å². The van der Waals surface area contributed by atoms with Crippen molar-refractivity contribution in [3.05, 3.63) is 42.0 Å². The molecule has 0 radical (unpaired) electrons. The Labute approximate surface area is 125 Å². The van der Waals surface area contributed by atoms with Crippen molar-refractivity contribution in [2.45, 2.75) is 0 Å². The van der Waals surface area contributed by atoms with Gasteiger partial charge in [0.1, 0.15) is 6.61 Å². The largest absolute Gasteiger partial charge is 0.460 e. The highest BCUT2D eigenvalue weighted by atomic mass is 16.6. The first kappa shape index (κ1) is 17.4. The van der Waals surface area contributed by atoms with Crippen LogP contribution < -0.4 is 0 Å². The minimum Gasteiger partial charge on any atom is -0.460 e. The van der Waals surface area contributed by atoms with Crippen LogP contribution in [0.2, 0.25) is 0 Å². The Hall–Kier alpha value is -1.69. The first-order valence-corrected chi connectivity index (χ1v) is 6.87. The van der Waals surface area contributed by atoms with E-state index in [1.54, 1.807) is 13.2 Å². The molecule has 1 aromatic rings. The molecule has 0 aliphatic carbocycles. The van der Waals surface area contributed by atoms with Gasteiger partial charge in [-0.05, 0) is 11.6 Å². The third-order valence-corrected chi connectivity index (χ3v) is 2.49. The van der Waals surface area contributed by atoms with Gasteiger partial charge in [-0.15, -0.1) is 0 Å². The van der Waals surface area contributed by atoms with E-state index >= 15 is 0 Å². The van der Waals surface area contributed by atoms with Crippen LogP contribution >= 0.6 is 0 Å². The van der Waals surface area contributed by atoms with E-state index in [0.717, 1.165) is 5.56 Å². The predicted octanol–water partition coefficient (Wildman–Crippen LogP) is 1.92. The summed E-state index contributed by atoms with van der Waals surface area (Å²) in [7, 11) is 1.63. The van der Waals surface area contributed by atoms with E-state index in [-0.39, 0.29) is 12.6 Å². The number of esters is 1. The van der Waals surface area contributed by atoms with Crippen molar-refractivity contribution in [3.8, 4) is 0 Å². The second-order valence-electron chi connectivity index (χ2n) is 4.13. The van der Waals surface area contributed by atoms with E-state index in [0.29, 0.717) is 33.0 Å². The predicted molar refractivity (Wildman–Crippen MR) is 79.9 cm³/mol. The Morgan fingerprint density at radius 1 is 0.952 bits per heavy atom. The summed E-state index contributed by atoms with van der Waals surface area (Å²) >= 11 is 0. The van der Waals surface area contributed by atoms with E-state index in [2.05, 4.69) is 0 Å². The van der Waals surface area contributed by atoms with E-state index < -0.39 is 0 Å². The average Bonchev–Trinajstić information content (AvgIpc) is 2.52. The molecule has 0 aromatic heterocycles. The van der Waals surface area contributed by atoms with Gasteiger partial charge in [0.05, 0.1) is 33.0 Å². The summed E-state index contributed by atoms with van der Waals surface area (Å²) in [6.45, 7) is 2.70. The summed E-state index contributed by atoms with van der Waals surface area (Å²) in [6, 6.07) is 9.57. The van der Waals surface area contributed by atoms with E-state index in [9.17, 15) is 4.79 Å². The number of carbonyl (C=O) groups excluding carboxylic acids is 1. The average molecular weight is 294 g/mol. The third-order valence-electron chi connectivity index (χ3n) is 2.49. The highest BCUT2D eigenvalue weighted by molar-refractivity contribution is 5.86. The molecule has 0 fully saturated rings. The maximum Gasteiger partial charge on any atom is 0.330 e. The van der Waals surface area contributed by atoms with Crippen molar-refractivity contribution in [1.29, 1.82) is 0 Å². The lowest BCUT2D eigenvalue weighted by Crippen LogP contribution is -2.12. The molecule has 0 spiro atoms. The fourth-order valence-corrected chi connectivity index (χ4v) is 1.44. The quantitative estimate of drug-likeness (QED) is 0.354. The molecule has 1 aromatic carbocycles. The lowest BCUT2D eigenvalue weighted by Gasteiger charge is -2.05.